The van der Waals surface area contributed by atoms with Crippen LogP contribution < -0.4 is 14.2 Å². The van der Waals surface area contributed by atoms with Crippen molar-refractivity contribution in [3.8, 4) is 23.3 Å². The predicted octanol–water partition coefficient (Wildman–Crippen LogP) is 3.63. The van der Waals surface area contributed by atoms with E-state index in [1.54, 1.807) is 36.4 Å². The smallest absolute Gasteiger partial charge is 0.231 e. The fourth-order valence-electron chi connectivity index (χ4n) is 2.25. The lowest BCUT2D eigenvalue weighted by atomic mass is 10.0. The lowest BCUT2D eigenvalue weighted by Gasteiger charge is -2.07. The lowest BCUT2D eigenvalue weighted by Crippen LogP contribution is -1.93. The number of halogens is 1. The second kappa shape index (κ2) is 5.78. The van der Waals surface area contributed by atoms with E-state index in [0.717, 1.165) is 0 Å². The van der Waals surface area contributed by atoms with Gasteiger partial charge in [-0.25, -0.2) is 4.39 Å². The van der Waals surface area contributed by atoms with Crippen LogP contribution in [0.5, 0.6) is 17.2 Å². The SMILES string of the molecule is COc1cc(C=C(C#N)c2ccccc2F)cc2c1OCO2. The van der Waals surface area contributed by atoms with Crippen molar-refractivity contribution in [1.82, 2.24) is 0 Å². The fraction of sp³-hybridized carbons (Fsp3) is 0.118. The average Bonchev–Trinajstić information content (AvgIpc) is 3.01. The number of nitrogens with zero attached hydrogens (tertiary/aromatic N) is 1. The quantitative estimate of drug-likeness (QED) is 0.641. The minimum Gasteiger partial charge on any atom is -0.493 e. The first kappa shape index (κ1) is 14.0. The van der Waals surface area contributed by atoms with Gasteiger partial charge in [0, 0.05) is 5.56 Å². The van der Waals surface area contributed by atoms with E-state index in [4.69, 9.17) is 14.2 Å². The van der Waals surface area contributed by atoms with Crippen molar-refractivity contribution >= 4 is 11.6 Å². The second-order valence-electron chi connectivity index (χ2n) is 4.61. The molecule has 5 heteroatoms. The van der Waals surface area contributed by atoms with Crippen LogP contribution in [0.15, 0.2) is 36.4 Å². The summed E-state index contributed by atoms with van der Waals surface area (Å²) in [6.45, 7) is 0.122. The molecule has 0 atom stereocenters. The summed E-state index contributed by atoms with van der Waals surface area (Å²) >= 11 is 0. The third-order valence-electron chi connectivity index (χ3n) is 3.28. The summed E-state index contributed by atoms with van der Waals surface area (Å²) < 4.78 is 29.7. The number of methoxy groups -OCH3 is 1. The van der Waals surface area contributed by atoms with Gasteiger partial charge in [0.05, 0.1) is 18.8 Å². The van der Waals surface area contributed by atoms with E-state index in [2.05, 4.69) is 0 Å². The number of nitriles is 1. The topological polar surface area (TPSA) is 51.5 Å². The number of benzene rings is 2. The van der Waals surface area contributed by atoms with Crippen molar-refractivity contribution in [1.29, 1.82) is 5.26 Å². The normalized spacial score (nSPS) is 12.9. The fourth-order valence-corrected chi connectivity index (χ4v) is 2.25. The molecule has 0 saturated carbocycles. The Morgan fingerprint density at radius 3 is 2.86 bits per heavy atom. The Morgan fingerprint density at radius 2 is 2.14 bits per heavy atom. The molecule has 0 unspecified atom stereocenters. The molecule has 110 valence electrons. The molecule has 1 aliphatic rings. The van der Waals surface area contributed by atoms with E-state index in [1.807, 2.05) is 6.07 Å². The summed E-state index contributed by atoms with van der Waals surface area (Å²) in [5.41, 5.74) is 1.14. The van der Waals surface area contributed by atoms with Crippen LogP contribution >= 0.6 is 0 Å². The lowest BCUT2D eigenvalue weighted by molar-refractivity contribution is 0.171. The summed E-state index contributed by atoms with van der Waals surface area (Å²) in [6.07, 6.45) is 1.59. The first-order chi connectivity index (χ1) is 10.7. The maximum Gasteiger partial charge on any atom is 0.231 e. The molecule has 22 heavy (non-hydrogen) atoms. The van der Waals surface area contributed by atoms with E-state index >= 15 is 0 Å². The molecule has 2 aromatic carbocycles. The molecule has 0 amide bonds. The monoisotopic (exact) mass is 297 g/mol. The van der Waals surface area contributed by atoms with Crippen molar-refractivity contribution in [2.45, 2.75) is 0 Å². The van der Waals surface area contributed by atoms with Crippen LogP contribution in [0.3, 0.4) is 0 Å². The molecule has 0 saturated heterocycles. The number of hydrogen-bond acceptors (Lipinski definition) is 4. The number of hydrogen-bond donors (Lipinski definition) is 0. The molecule has 0 radical (unpaired) electrons. The van der Waals surface area contributed by atoms with Crippen molar-refractivity contribution in [2.24, 2.45) is 0 Å². The van der Waals surface area contributed by atoms with Crippen LogP contribution in [-0.4, -0.2) is 13.9 Å². The van der Waals surface area contributed by atoms with Gasteiger partial charge in [0.25, 0.3) is 0 Å². The van der Waals surface area contributed by atoms with E-state index in [9.17, 15) is 9.65 Å². The van der Waals surface area contributed by atoms with E-state index in [0.29, 0.717) is 22.8 Å². The summed E-state index contributed by atoms with van der Waals surface area (Å²) in [6, 6.07) is 11.6. The largest absolute Gasteiger partial charge is 0.493 e. The summed E-state index contributed by atoms with van der Waals surface area (Å²) in [4.78, 5) is 0. The molecule has 0 bridgehead atoms. The zero-order valence-corrected chi connectivity index (χ0v) is 11.8. The van der Waals surface area contributed by atoms with Gasteiger partial charge >= 0.3 is 0 Å². The zero-order valence-electron chi connectivity index (χ0n) is 11.8. The Labute approximate surface area is 127 Å². The Balaban J connectivity index is 2.08. The van der Waals surface area contributed by atoms with Gasteiger partial charge in [-0.05, 0) is 29.8 Å². The maximum absolute atomic E-state index is 13.8. The molecule has 0 spiro atoms. The van der Waals surface area contributed by atoms with Crippen molar-refractivity contribution < 1.29 is 18.6 Å². The molecule has 3 rings (SSSR count). The van der Waals surface area contributed by atoms with Gasteiger partial charge < -0.3 is 14.2 Å². The Morgan fingerprint density at radius 1 is 1.32 bits per heavy atom. The molecule has 1 heterocycles. The summed E-state index contributed by atoms with van der Waals surface area (Å²) in [5.74, 6) is 1.13. The maximum atomic E-state index is 13.8. The van der Waals surface area contributed by atoms with Gasteiger partial charge in [-0.15, -0.1) is 0 Å². The third kappa shape index (κ3) is 2.47. The molecule has 0 aromatic heterocycles. The number of allylic oxidation sites excluding steroid dienone is 1. The first-order valence-corrected chi connectivity index (χ1v) is 6.57. The van der Waals surface area contributed by atoms with Crippen LogP contribution in [0.4, 0.5) is 4.39 Å². The Bertz CT molecular complexity index is 793. The molecular formula is C17H12FNO3. The van der Waals surface area contributed by atoms with Crippen LogP contribution in [0.2, 0.25) is 0 Å². The van der Waals surface area contributed by atoms with Gasteiger partial charge in [0.15, 0.2) is 11.5 Å². The Kier molecular flexibility index (Phi) is 3.67. The highest BCUT2D eigenvalue weighted by Gasteiger charge is 2.20. The van der Waals surface area contributed by atoms with Crippen LogP contribution in [0.1, 0.15) is 11.1 Å². The van der Waals surface area contributed by atoms with Crippen LogP contribution in [0, 0.1) is 17.1 Å². The van der Waals surface area contributed by atoms with E-state index in [1.165, 1.54) is 13.2 Å². The van der Waals surface area contributed by atoms with Crippen LogP contribution in [0.25, 0.3) is 11.6 Å². The highest BCUT2D eigenvalue weighted by molar-refractivity contribution is 5.90. The predicted molar refractivity (Wildman–Crippen MR) is 79.0 cm³/mol. The van der Waals surface area contributed by atoms with Crippen molar-refractivity contribution in [3.05, 3.63) is 53.3 Å². The molecule has 0 fully saturated rings. The molecule has 1 aliphatic heterocycles. The molecule has 0 N–H and O–H groups in total. The molecule has 0 aliphatic carbocycles. The van der Waals surface area contributed by atoms with Gasteiger partial charge in [0.2, 0.25) is 12.5 Å². The highest BCUT2D eigenvalue weighted by Crippen LogP contribution is 2.42. The summed E-state index contributed by atoms with van der Waals surface area (Å²) in [7, 11) is 1.52. The van der Waals surface area contributed by atoms with Gasteiger partial charge in [-0.3, -0.25) is 0 Å². The van der Waals surface area contributed by atoms with Gasteiger partial charge in [0.1, 0.15) is 5.82 Å². The Hall–Kier alpha value is -3.00. The number of rotatable bonds is 3. The first-order valence-electron chi connectivity index (χ1n) is 6.57. The van der Waals surface area contributed by atoms with E-state index in [-0.39, 0.29) is 17.9 Å². The number of fused-ring (bicyclic) bond motifs is 1. The number of ether oxygens (including phenoxy) is 3. The highest BCUT2D eigenvalue weighted by atomic mass is 19.1. The molecule has 4 nitrogen and oxygen atoms in total. The molecule has 2 aromatic rings. The molecular weight excluding hydrogens is 285 g/mol. The van der Waals surface area contributed by atoms with Gasteiger partial charge in [-0.1, -0.05) is 18.2 Å². The van der Waals surface area contributed by atoms with E-state index < -0.39 is 5.82 Å². The minimum atomic E-state index is -0.442. The van der Waals surface area contributed by atoms with Crippen LogP contribution in [-0.2, 0) is 0 Å². The van der Waals surface area contributed by atoms with Crippen molar-refractivity contribution in [2.75, 3.05) is 13.9 Å². The van der Waals surface area contributed by atoms with Gasteiger partial charge in [-0.2, -0.15) is 5.26 Å². The standard InChI is InChI=1S/C17H12FNO3/c1-20-15-7-11(8-16-17(15)22-10-21-16)6-12(9-19)13-4-2-3-5-14(13)18/h2-8H,10H2,1H3. The second-order valence-corrected chi connectivity index (χ2v) is 4.61. The zero-order chi connectivity index (χ0) is 15.5. The minimum absolute atomic E-state index is 0.122. The summed E-state index contributed by atoms with van der Waals surface area (Å²) in [5, 5.41) is 9.31. The third-order valence-corrected chi connectivity index (χ3v) is 3.28. The average molecular weight is 297 g/mol. The van der Waals surface area contributed by atoms with Crippen molar-refractivity contribution in [3.63, 3.8) is 0 Å².